The van der Waals surface area contributed by atoms with Gasteiger partial charge in [0.05, 0.1) is 24.4 Å². The van der Waals surface area contributed by atoms with Crippen molar-refractivity contribution in [1.29, 1.82) is 0 Å². The van der Waals surface area contributed by atoms with E-state index in [1.54, 1.807) is 14.2 Å². The maximum Gasteiger partial charge on any atom is 0.123 e. The lowest BCUT2D eigenvalue weighted by Gasteiger charge is -2.06. The van der Waals surface area contributed by atoms with E-state index in [0.717, 1.165) is 30.2 Å². The second-order valence-corrected chi connectivity index (χ2v) is 4.18. The average molecular weight is 225 g/mol. The molecule has 2 rings (SSSR count). The molecule has 0 aromatic carbocycles. The van der Waals surface area contributed by atoms with Crippen molar-refractivity contribution in [3.63, 3.8) is 0 Å². The van der Waals surface area contributed by atoms with Gasteiger partial charge in [0.1, 0.15) is 5.82 Å². The van der Waals surface area contributed by atoms with E-state index in [4.69, 9.17) is 9.47 Å². The van der Waals surface area contributed by atoms with Crippen LogP contribution in [-0.2, 0) is 16.1 Å². The fourth-order valence-corrected chi connectivity index (χ4v) is 2.05. The molecule has 5 nitrogen and oxygen atoms in total. The minimum atomic E-state index is 0.272. The second-order valence-electron chi connectivity index (χ2n) is 4.18. The lowest BCUT2D eigenvalue weighted by molar-refractivity contribution is 0.117. The summed E-state index contributed by atoms with van der Waals surface area (Å²) in [7, 11) is 3.43. The summed E-state index contributed by atoms with van der Waals surface area (Å²) in [5, 5.41) is 3.40. The monoisotopic (exact) mass is 225 g/mol. The van der Waals surface area contributed by atoms with Crippen LogP contribution in [0.4, 0.5) is 0 Å². The zero-order valence-corrected chi connectivity index (χ0v) is 10.0. The number of ether oxygens (including phenoxy) is 2. The Morgan fingerprint density at radius 3 is 2.88 bits per heavy atom. The first-order valence-electron chi connectivity index (χ1n) is 5.55. The molecule has 1 aromatic rings. The van der Waals surface area contributed by atoms with Gasteiger partial charge in [-0.25, -0.2) is 4.98 Å². The quantitative estimate of drug-likeness (QED) is 0.799. The Morgan fingerprint density at radius 1 is 1.44 bits per heavy atom. The SMILES string of the molecule is COCc1nc(C2CC(OC)CN2)[nH]c1C. The molecule has 2 N–H and O–H groups in total. The summed E-state index contributed by atoms with van der Waals surface area (Å²) in [6, 6.07) is 0.272. The van der Waals surface area contributed by atoms with Crippen LogP contribution < -0.4 is 5.32 Å². The van der Waals surface area contributed by atoms with Gasteiger partial charge in [-0.1, -0.05) is 0 Å². The van der Waals surface area contributed by atoms with Crippen LogP contribution in [0.15, 0.2) is 0 Å². The minimum absolute atomic E-state index is 0.272. The van der Waals surface area contributed by atoms with Crippen molar-refractivity contribution in [2.24, 2.45) is 0 Å². The normalized spacial score (nSPS) is 25.2. The first kappa shape index (κ1) is 11.6. The van der Waals surface area contributed by atoms with E-state index in [-0.39, 0.29) is 6.04 Å². The van der Waals surface area contributed by atoms with Gasteiger partial charge < -0.3 is 19.8 Å². The summed E-state index contributed by atoms with van der Waals surface area (Å²) in [4.78, 5) is 7.86. The molecule has 0 aliphatic carbocycles. The molecule has 1 fully saturated rings. The maximum atomic E-state index is 5.32. The van der Waals surface area contributed by atoms with Gasteiger partial charge >= 0.3 is 0 Å². The summed E-state index contributed by atoms with van der Waals surface area (Å²) in [6.45, 7) is 3.47. The Bertz CT molecular complexity index is 351. The van der Waals surface area contributed by atoms with Crippen LogP contribution >= 0.6 is 0 Å². The summed E-state index contributed by atoms with van der Waals surface area (Å²) in [5.41, 5.74) is 2.07. The molecule has 0 saturated carbocycles. The van der Waals surface area contributed by atoms with Crippen molar-refractivity contribution in [3.05, 3.63) is 17.2 Å². The first-order chi connectivity index (χ1) is 7.74. The zero-order valence-electron chi connectivity index (χ0n) is 10.0. The van der Waals surface area contributed by atoms with Gasteiger partial charge in [-0.2, -0.15) is 0 Å². The van der Waals surface area contributed by atoms with Gasteiger partial charge in [-0.05, 0) is 13.3 Å². The Morgan fingerprint density at radius 2 is 2.25 bits per heavy atom. The topological polar surface area (TPSA) is 59.2 Å². The van der Waals surface area contributed by atoms with Gasteiger partial charge in [0.25, 0.3) is 0 Å². The van der Waals surface area contributed by atoms with E-state index in [1.807, 2.05) is 6.92 Å². The van der Waals surface area contributed by atoms with Crippen molar-refractivity contribution < 1.29 is 9.47 Å². The summed E-state index contributed by atoms with van der Waals surface area (Å²) in [6.07, 6.45) is 1.26. The molecular weight excluding hydrogens is 206 g/mol. The fourth-order valence-electron chi connectivity index (χ4n) is 2.05. The van der Waals surface area contributed by atoms with Crippen molar-refractivity contribution >= 4 is 0 Å². The summed E-state index contributed by atoms with van der Waals surface area (Å²) >= 11 is 0. The van der Waals surface area contributed by atoms with Crippen molar-refractivity contribution in [2.45, 2.75) is 32.1 Å². The Labute approximate surface area is 95.6 Å². The molecule has 2 heterocycles. The van der Waals surface area contributed by atoms with Crippen LogP contribution in [0, 0.1) is 6.92 Å². The predicted octanol–water partition coefficient (Wildman–Crippen LogP) is 0.914. The Kier molecular flexibility index (Phi) is 3.58. The molecule has 1 saturated heterocycles. The lowest BCUT2D eigenvalue weighted by atomic mass is 10.2. The van der Waals surface area contributed by atoms with Gasteiger partial charge in [-0.15, -0.1) is 0 Å². The van der Waals surface area contributed by atoms with Gasteiger partial charge in [-0.3, -0.25) is 0 Å². The van der Waals surface area contributed by atoms with E-state index in [9.17, 15) is 0 Å². The van der Waals surface area contributed by atoms with Gasteiger partial charge in [0.15, 0.2) is 0 Å². The number of nitrogens with zero attached hydrogens (tertiary/aromatic N) is 1. The number of nitrogens with one attached hydrogen (secondary N) is 2. The Hall–Kier alpha value is -0.910. The molecule has 2 unspecified atom stereocenters. The second kappa shape index (κ2) is 4.95. The third-order valence-electron chi connectivity index (χ3n) is 3.04. The van der Waals surface area contributed by atoms with E-state index in [1.165, 1.54) is 0 Å². The smallest absolute Gasteiger partial charge is 0.123 e. The number of H-pyrrole nitrogens is 1. The zero-order chi connectivity index (χ0) is 11.5. The third kappa shape index (κ3) is 2.26. The number of aromatic nitrogens is 2. The van der Waals surface area contributed by atoms with Crippen LogP contribution in [0.2, 0.25) is 0 Å². The van der Waals surface area contributed by atoms with Crippen LogP contribution in [0.5, 0.6) is 0 Å². The number of aryl methyl sites for hydroxylation is 1. The maximum absolute atomic E-state index is 5.32. The molecule has 0 radical (unpaired) electrons. The van der Waals surface area contributed by atoms with Crippen molar-refractivity contribution in [2.75, 3.05) is 20.8 Å². The highest BCUT2D eigenvalue weighted by Gasteiger charge is 2.27. The fraction of sp³-hybridized carbons (Fsp3) is 0.727. The largest absolute Gasteiger partial charge is 0.380 e. The van der Waals surface area contributed by atoms with E-state index in [2.05, 4.69) is 15.3 Å². The highest BCUT2D eigenvalue weighted by molar-refractivity contribution is 5.15. The van der Waals surface area contributed by atoms with E-state index < -0.39 is 0 Å². The van der Waals surface area contributed by atoms with E-state index >= 15 is 0 Å². The molecule has 1 aromatic heterocycles. The van der Waals surface area contributed by atoms with Crippen molar-refractivity contribution in [1.82, 2.24) is 15.3 Å². The Balaban J connectivity index is 2.07. The van der Waals surface area contributed by atoms with Gasteiger partial charge in [0.2, 0.25) is 0 Å². The molecule has 0 bridgehead atoms. The number of rotatable bonds is 4. The molecule has 16 heavy (non-hydrogen) atoms. The van der Waals surface area contributed by atoms with Crippen molar-refractivity contribution in [3.8, 4) is 0 Å². The molecule has 0 amide bonds. The molecule has 5 heteroatoms. The molecule has 1 aliphatic heterocycles. The van der Waals surface area contributed by atoms with Gasteiger partial charge in [0, 0.05) is 26.5 Å². The molecule has 1 aliphatic rings. The number of aromatic amines is 1. The number of hydrogen-bond donors (Lipinski definition) is 2. The first-order valence-corrected chi connectivity index (χ1v) is 5.55. The van der Waals surface area contributed by atoms with Crippen LogP contribution in [0.1, 0.15) is 29.7 Å². The molecule has 90 valence electrons. The summed E-state index contributed by atoms with van der Waals surface area (Å²) < 4.78 is 10.4. The molecule has 0 spiro atoms. The lowest BCUT2D eigenvalue weighted by Crippen LogP contribution is -2.16. The highest BCUT2D eigenvalue weighted by Crippen LogP contribution is 2.23. The molecular formula is C11H19N3O2. The number of methoxy groups -OCH3 is 2. The number of hydrogen-bond acceptors (Lipinski definition) is 4. The van der Waals surface area contributed by atoms with Crippen LogP contribution in [0.3, 0.4) is 0 Å². The van der Waals surface area contributed by atoms with Crippen LogP contribution in [0.25, 0.3) is 0 Å². The van der Waals surface area contributed by atoms with Crippen LogP contribution in [-0.4, -0.2) is 36.8 Å². The minimum Gasteiger partial charge on any atom is -0.380 e. The summed E-state index contributed by atoms with van der Waals surface area (Å²) in [5.74, 6) is 0.990. The predicted molar refractivity (Wildman–Crippen MR) is 60.2 cm³/mol. The highest BCUT2D eigenvalue weighted by atomic mass is 16.5. The third-order valence-corrected chi connectivity index (χ3v) is 3.04. The van der Waals surface area contributed by atoms with E-state index in [0.29, 0.717) is 12.7 Å². The standard InChI is InChI=1S/C11H19N3O2/c1-7-10(6-15-2)14-11(13-7)9-4-8(16-3)5-12-9/h8-9,12H,4-6H2,1-3H3,(H,13,14). The number of imidazole rings is 1. The average Bonchev–Trinajstić information content (AvgIpc) is 2.86. The molecule has 2 atom stereocenters.